The van der Waals surface area contributed by atoms with Gasteiger partial charge in [0.1, 0.15) is 0 Å². The molecule has 0 aliphatic heterocycles. The smallest absolute Gasteiger partial charge is 0.0474 e. The van der Waals surface area contributed by atoms with Crippen LogP contribution in [-0.2, 0) is 4.74 Å². The van der Waals surface area contributed by atoms with E-state index in [1.54, 1.807) is 7.11 Å². The maximum atomic E-state index is 5.01. The normalized spacial score (nSPS) is 11.0. The fourth-order valence-electron chi connectivity index (χ4n) is 2.20. The third kappa shape index (κ3) is 15.9. The van der Waals surface area contributed by atoms with E-state index in [2.05, 4.69) is 12.2 Å². The number of nitrogens with one attached hydrogen (secondary N) is 1. The number of hydrogen-bond acceptors (Lipinski definition) is 2. The number of ether oxygens (including phenoxy) is 1. The van der Waals surface area contributed by atoms with Crippen molar-refractivity contribution in [1.29, 1.82) is 0 Å². The van der Waals surface area contributed by atoms with Gasteiger partial charge in [-0.2, -0.15) is 0 Å². The van der Waals surface area contributed by atoms with Gasteiger partial charge in [-0.1, -0.05) is 64.7 Å². The number of hydrogen-bond donors (Lipinski definition) is 1. The van der Waals surface area contributed by atoms with Gasteiger partial charge in [0.15, 0.2) is 0 Å². The summed E-state index contributed by atoms with van der Waals surface area (Å²) in [5.74, 6) is 0. The third-order valence-corrected chi connectivity index (χ3v) is 3.41. The van der Waals surface area contributed by atoms with Crippen LogP contribution in [0, 0.1) is 0 Å². The molecule has 0 rings (SSSR count). The molecule has 0 amide bonds. The van der Waals surface area contributed by atoms with Crippen LogP contribution in [-0.4, -0.2) is 26.8 Å². The monoisotopic (exact) mass is 257 g/mol. The molecule has 0 radical (unpaired) electrons. The summed E-state index contributed by atoms with van der Waals surface area (Å²) >= 11 is 0. The van der Waals surface area contributed by atoms with Gasteiger partial charge in [0.25, 0.3) is 0 Å². The highest BCUT2D eigenvalue weighted by Crippen LogP contribution is 2.10. The number of rotatable bonds is 15. The Bertz CT molecular complexity index is 123. The van der Waals surface area contributed by atoms with Crippen LogP contribution in [0.4, 0.5) is 0 Å². The minimum Gasteiger partial charge on any atom is -0.385 e. The molecule has 0 aromatic rings. The molecule has 0 spiro atoms. The first-order valence-corrected chi connectivity index (χ1v) is 8.11. The molecule has 0 atom stereocenters. The van der Waals surface area contributed by atoms with Crippen molar-refractivity contribution < 1.29 is 4.74 Å². The van der Waals surface area contributed by atoms with Crippen molar-refractivity contribution in [3.8, 4) is 0 Å². The maximum absolute atomic E-state index is 5.01. The first-order valence-electron chi connectivity index (χ1n) is 8.11. The molecule has 0 aliphatic carbocycles. The lowest BCUT2D eigenvalue weighted by Crippen LogP contribution is -2.17. The summed E-state index contributed by atoms with van der Waals surface area (Å²) in [7, 11) is 1.77. The standard InChI is InChI=1S/C16H35NO/c1-3-4-5-6-7-8-9-10-11-12-14-17-15-13-16-18-2/h17H,3-16H2,1-2H3. The van der Waals surface area contributed by atoms with Crippen LogP contribution in [0.15, 0.2) is 0 Å². The lowest BCUT2D eigenvalue weighted by atomic mass is 10.1. The van der Waals surface area contributed by atoms with Gasteiger partial charge in [-0.25, -0.2) is 0 Å². The second kappa shape index (κ2) is 16.9. The summed E-state index contributed by atoms with van der Waals surface area (Å²) in [5, 5.41) is 3.47. The molecule has 18 heavy (non-hydrogen) atoms. The zero-order valence-electron chi connectivity index (χ0n) is 12.8. The Morgan fingerprint density at radius 3 is 1.72 bits per heavy atom. The van der Waals surface area contributed by atoms with E-state index in [0.717, 1.165) is 19.6 Å². The Kier molecular flexibility index (Phi) is 16.8. The largest absolute Gasteiger partial charge is 0.385 e. The van der Waals surface area contributed by atoms with Gasteiger partial charge < -0.3 is 10.1 Å². The topological polar surface area (TPSA) is 21.3 Å². The molecule has 0 saturated carbocycles. The predicted octanol–water partition coefficient (Wildman–Crippen LogP) is 4.53. The van der Waals surface area contributed by atoms with E-state index in [1.165, 1.54) is 70.8 Å². The highest BCUT2D eigenvalue weighted by molar-refractivity contribution is 4.51. The summed E-state index contributed by atoms with van der Waals surface area (Å²) in [4.78, 5) is 0. The second-order valence-electron chi connectivity index (χ2n) is 5.28. The van der Waals surface area contributed by atoms with E-state index in [0.29, 0.717) is 0 Å². The van der Waals surface area contributed by atoms with Crippen molar-refractivity contribution in [2.45, 2.75) is 77.6 Å². The van der Waals surface area contributed by atoms with Crippen LogP contribution in [0.3, 0.4) is 0 Å². The molecule has 0 aromatic heterocycles. The molecule has 1 N–H and O–H groups in total. The van der Waals surface area contributed by atoms with Gasteiger partial charge >= 0.3 is 0 Å². The lowest BCUT2D eigenvalue weighted by molar-refractivity contribution is 0.194. The van der Waals surface area contributed by atoms with E-state index in [-0.39, 0.29) is 0 Å². The average molecular weight is 257 g/mol. The zero-order chi connectivity index (χ0) is 13.3. The molecule has 0 saturated heterocycles. The van der Waals surface area contributed by atoms with E-state index >= 15 is 0 Å². The Balaban J connectivity index is 2.86. The fourth-order valence-corrected chi connectivity index (χ4v) is 2.20. The van der Waals surface area contributed by atoms with Crippen LogP contribution in [0.1, 0.15) is 77.6 Å². The summed E-state index contributed by atoms with van der Waals surface area (Å²) in [6.07, 6.45) is 15.3. The van der Waals surface area contributed by atoms with Gasteiger partial charge in [-0.05, 0) is 25.9 Å². The highest BCUT2D eigenvalue weighted by atomic mass is 16.5. The first kappa shape index (κ1) is 17.9. The van der Waals surface area contributed by atoms with E-state index in [4.69, 9.17) is 4.74 Å². The predicted molar refractivity (Wildman–Crippen MR) is 81.2 cm³/mol. The van der Waals surface area contributed by atoms with Crippen LogP contribution < -0.4 is 5.32 Å². The third-order valence-electron chi connectivity index (χ3n) is 3.41. The molecule has 110 valence electrons. The van der Waals surface area contributed by atoms with Crippen molar-refractivity contribution in [3.05, 3.63) is 0 Å². The molecule has 0 bridgehead atoms. The SMILES string of the molecule is CCCCCCCCCCCCNCCCOC. The van der Waals surface area contributed by atoms with Gasteiger partial charge in [0.05, 0.1) is 0 Å². The van der Waals surface area contributed by atoms with Crippen LogP contribution in [0.25, 0.3) is 0 Å². The Morgan fingerprint density at radius 2 is 1.17 bits per heavy atom. The molecule has 2 heteroatoms. The minimum absolute atomic E-state index is 0.880. The van der Waals surface area contributed by atoms with Crippen LogP contribution in [0.2, 0.25) is 0 Å². The Morgan fingerprint density at radius 1 is 0.667 bits per heavy atom. The molecule has 2 nitrogen and oxygen atoms in total. The molecule has 0 fully saturated rings. The molecular weight excluding hydrogens is 222 g/mol. The summed E-state index contributed by atoms with van der Waals surface area (Å²) in [5.41, 5.74) is 0. The minimum atomic E-state index is 0.880. The zero-order valence-corrected chi connectivity index (χ0v) is 12.8. The van der Waals surface area contributed by atoms with Crippen molar-refractivity contribution in [2.24, 2.45) is 0 Å². The molecule has 0 heterocycles. The van der Waals surface area contributed by atoms with Crippen molar-refractivity contribution in [2.75, 3.05) is 26.8 Å². The summed E-state index contributed by atoms with van der Waals surface area (Å²) < 4.78 is 5.01. The second-order valence-corrected chi connectivity index (χ2v) is 5.28. The van der Waals surface area contributed by atoms with Crippen LogP contribution >= 0.6 is 0 Å². The number of unbranched alkanes of at least 4 members (excludes halogenated alkanes) is 9. The van der Waals surface area contributed by atoms with Crippen molar-refractivity contribution in [1.82, 2.24) is 5.32 Å². The fraction of sp³-hybridized carbons (Fsp3) is 1.00. The Hall–Kier alpha value is -0.0800. The summed E-state index contributed by atoms with van der Waals surface area (Å²) in [6.45, 7) is 5.44. The highest BCUT2D eigenvalue weighted by Gasteiger charge is 1.92. The van der Waals surface area contributed by atoms with E-state index in [1.807, 2.05) is 0 Å². The maximum Gasteiger partial charge on any atom is 0.0474 e. The molecule has 0 aliphatic rings. The first-order chi connectivity index (χ1) is 8.91. The summed E-state index contributed by atoms with van der Waals surface area (Å²) in [6, 6.07) is 0. The quantitative estimate of drug-likeness (QED) is 0.435. The van der Waals surface area contributed by atoms with Crippen LogP contribution in [0.5, 0.6) is 0 Å². The number of methoxy groups -OCH3 is 1. The van der Waals surface area contributed by atoms with Gasteiger partial charge in [0, 0.05) is 13.7 Å². The molecule has 0 unspecified atom stereocenters. The molecular formula is C16H35NO. The Labute approximate surface area is 115 Å². The average Bonchev–Trinajstić information content (AvgIpc) is 2.39. The molecule has 0 aromatic carbocycles. The van der Waals surface area contributed by atoms with Gasteiger partial charge in [-0.15, -0.1) is 0 Å². The van der Waals surface area contributed by atoms with Gasteiger partial charge in [0.2, 0.25) is 0 Å². The van der Waals surface area contributed by atoms with Crippen molar-refractivity contribution in [3.63, 3.8) is 0 Å². The van der Waals surface area contributed by atoms with Crippen molar-refractivity contribution >= 4 is 0 Å². The van der Waals surface area contributed by atoms with Gasteiger partial charge in [-0.3, -0.25) is 0 Å². The lowest BCUT2D eigenvalue weighted by Gasteiger charge is -2.04. The van der Waals surface area contributed by atoms with E-state index in [9.17, 15) is 0 Å². The van der Waals surface area contributed by atoms with E-state index < -0.39 is 0 Å².